The Kier molecular flexibility index (Phi) is 2.74. The minimum absolute atomic E-state index is 1.03. The van der Waals surface area contributed by atoms with Gasteiger partial charge in [-0.1, -0.05) is 0 Å². The highest BCUT2D eigenvalue weighted by atomic mass is 15.5. The molecule has 2 heterocycles. The molecule has 5 nitrogen and oxygen atoms in total. The summed E-state index contributed by atoms with van der Waals surface area (Å²) >= 11 is 0. The van der Waals surface area contributed by atoms with Gasteiger partial charge in [0.25, 0.3) is 0 Å². The molecule has 0 aliphatic carbocycles. The molecule has 0 unspecified atom stereocenters. The monoisotopic (exact) mass is 243 g/mol. The summed E-state index contributed by atoms with van der Waals surface area (Å²) in [7, 11) is 0. The van der Waals surface area contributed by atoms with Crippen LogP contribution in [0, 0.1) is 13.8 Å². The number of hydrogen-bond donors (Lipinski definition) is 0. The van der Waals surface area contributed by atoms with E-state index in [-0.39, 0.29) is 0 Å². The first-order valence-electron chi connectivity index (χ1n) is 6.35. The maximum absolute atomic E-state index is 3.96. The molecule has 1 saturated heterocycles. The predicted octanol–water partition coefficient (Wildman–Crippen LogP) is 1.88. The summed E-state index contributed by atoms with van der Waals surface area (Å²) in [4.78, 5) is 2.45. The van der Waals surface area contributed by atoms with Gasteiger partial charge in [0.2, 0.25) is 0 Å². The van der Waals surface area contributed by atoms with Crippen molar-refractivity contribution in [2.24, 2.45) is 0 Å². The van der Waals surface area contributed by atoms with Gasteiger partial charge in [-0.25, -0.2) is 4.68 Å². The first kappa shape index (κ1) is 11.2. The Bertz CT molecular complexity index is 541. The first-order chi connectivity index (χ1) is 8.75. The fourth-order valence-electron chi connectivity index (χ4n) is 2.52. The molecule has 0 spiro atoms. The quantitative estimate of drug-likeness (QED) is 0.808. The molecule has 18 heavy (non-hydrogen) atoms. The van der Waals surface area contributed by atoms with Gasteiger partial charge in [-0.05, 0) is 60.4 Å². The molecular weight excluding hydrogens is 226 g/mol. The molecule has 1 aliphatic rings. The van der Waals surface area contributed by atoms with Crippen LogP contribution in [0.2, 0.25) is 0 Å². The third-order valence-electron chi connectivity index (χ3n) is 3.69. The molecule has 1 aromatic carbocycles. The smallest absolute Gasteiger partial charge is 0.143 e. The normalized spacial score (nSPS) is 15.3. The standard InChI is InChI=1S/C13H17N5/c1-10-7-12(18-9-14-15-16-18)8-13(11(10)2)17-5-3-4-6-17/h7-9H,3-6H2,1-2H3. The minimum atomic E-state index is 1.03. The SMILES string of the molecule is Cc1cc(-n2cnnn2)cc(N2CCCC2)c1C. The molecule has 1 aliphatic heterocycles. The molecule has 0 atom stereocenters. The topological polar surface area (TPSA) is 46.8 Å². The van der Waals surface area contributed by atoms with Gasteiger partial charge in [-0.15, -0.1) is 5.10 Å². The Labute approximate surface area is 106 Å². The number of aromatic nitrogens is 4. The average Bonchev–Trinajstić information content (AvgIpc) is 3.03. The van der Waals surface area contributed by atoms with Gasteiger partial charge in [-0.2, -0.15) is 0 Å². The molecule has 0 radical (unpaired) electrons. The van der Waals surface area contributed by atoms with Crippen molar-refractivity contribution in [2.45, 2.75) is 26.7 Å². The zero-order valence-corrected chi connectivity index (χ0v) is 10.8. The van der Waals surface area contributed by atoms with Crippen LogP contribution in [0.3, 0.4) is 0 Å². The Hall–Kier alpha value is -1.91. The summed E-state index contributed by atoms with van der Waals surface area (Å²) < 4.78 is 1.71. The summed E-state index contributed by atoms with van der Waals surface area (Å²) in [5.41, 5.74) is 4.99. The van der Waals surface area contributed by atoms with E-state index < -0.39 is 0 Å². The van der Waals surface area contributed by atoms with Gasteiger partial charge in [0.1, 0.15) is 6.33 Å². The Morgan fingerprint density at radius 3 is 2.56 bits per heavy atom. The highest BCUT2D eigenvalue weighted by Crippen LogP contribution is 2.29. The minimum Gasteiger partial charge on any atom is -0.371 e. The van der Waals surface area contributed by atoms with Crippen molar-refractivity contribution in [1.29, 1.82) is 0 Å². The van der Waals surface area contributed by atoms with Crippen LogP contribution in [0.15, 0.2) is 18.5 Å². The summed E-state index contributed by atoms with van der Waals surface area (Å²) in [6.07, 6.45) is 4.21. The number of benzene rings is 1. The molecule has 0 saturated carbocycles. The number of hydrogen-bond acceptors (Lipinski definition) is 4. The molecule has 5 heteroatoms. The average molecular weight is 243 g/mol. The van der Waals surface area contributed by atoms with Gasteiger partial charge < -0.3 is 4.90 Å². The van der Waals surface area contributed by atoms with Gasteiger partial charge in [-0.3, -0.25) is 0 Å². The lowest BCUT2D eigenvalue weighted by atomic mass is 10.1. The summed E-state index contributed by atoms with van der Waals surface area (Å²) in [6.45, 7) is 6.63. The van der Waals surface area contributed by atoms with Crippen molar-refractivity contribution in [3.8, 4) is 5.69 Å². The van der Waals surface area contributed by atoms with E-state index in [1.165, 1.54) is 29.7 Å². The molecule has 0 bridgehead atoms. The fourth-order valence-corrected chi connectivity index (χ4v) is 2.52. The lowest BCUT2D eigenvalue weighted by Crippen LogP contribution is -2.19. The van der Waals surface area contributed by atoms with Gasteiger partial charge in [0.15, 0.2) is 0 Å². The van der Waals surface area contributed by atoms with Crippen LogP contribution in [-0.2, 0) is 0 Å². The Morgan fingerprint density at radius 1 is 1.11 bits per heavy atom. The largest absolute Gasteiger partial charge is 0.371 e. The van der Waals surface area contributed by atoms with Crippen LogP contribution in [-0.4, -0.2) is 33.3 Å². The van der Waals surface area contributed by atoms with Crippen molar-refractivity contribution in [2.75, 3.05) is 18.0 Å². The lowest BCUT2D eigenvalue weighted by molar-refractivity contribution is 0.787. The summed E-state index contributed by atoms with van der Waals surface area (Å²) in [5, 5.41) is 11.4. The molecule has 1 aromatic heterocycles. The molecule has 0 amide bonds. The maximum Gasteiger partial charge on any atom is 0.143 e. The fraction of sp³-hybridized carbons (Fsp3) is 0.462. The van der Waals surface area contributed by atoms with Crippen LogP contribution >= 0.6 is 0 Å². The number of aryl methyl sites for hydroxylation is 1. The number of nitrogens with zero attached hydrogens (tertiary/aromatic N) is 5. The van der Waals surface area contributed by atoms with Crippen LogP contribution < -0.4 is 4.90 Å². The van der Waals surface area contributed by atoms with Crippen molar-refractivity contribution >= 4 is 5.69 Å². The molecule has 94 valence electrons. The van der Waals surface area contributed by atoms with E-state index in [1.807, 2.05) is 0 Å². The summed E-state index contributed by atoms with van der Waals surface area (Å²) in [6, 6.07) is 4.31. The first-order valence-corrected chi connectivity index (χ1v) is 6.35. The van der Waals surface area contributed by atoms with Gasteiger partial charge >= 0.3 is 0 Å². The van der Waals surface area contributed by atoms with Crippen molar-refractivity contribution < 1.29 is 0 Å². The van der Waals surface area contributed by atoms with E-state index in [2.05, 4.69) is 46.4 Å². The maximum atomic E-state index is 3.96. The molecular formula is C13H17N5. The van der Waals surface area contributed by atoms with Crippen LogP contribution in [0.25, 0.3) is 5.69 Å². The third-order valence-corrected chi connectivity index (χ3v) is 3.69. The third kappa shape index (κ3) is 1.85. The molecule has 2 aromatic rings. The number of rotatable bonds is 2. The van der Waals surface area contributed by atoms with Crippen molar-refractivity contribution in [1.82, 2.24) is 20.2 Å². The lowest BCUT2D eigenvalue weighted by Gasteiger charge is -2.22. The second-order valence-corrected chi connectivity index (χ2v) is 4.86. The highest BCUT2D eigenvalue weighted by Gasteiger charge is 2.16. The van der Waals surface area contributed by atoms with Gasteiger partial charge in [0, 0.05) is 18.8 Å². The zero-order chi connectivity index (χ0) is 12.5. The van der Waals surface area contributed by atoms with E-state index in [9.17, 15) is 0 Å². The zero-order valence-electron chi connectivity index (χ0n) is 10.8. The van der Waals surface area contributed by atoms with E-state index in [1.54, 1.807) is 11.0 Å². The molecule has 1 fully saturated rings. The molecule has 3 rings (SSSR count). The van der Waals surface area contributed by atoms with Crippen molar-refractivity contribution in [3.05, 3.63) is 29.6 Å². The summed E-state index contributed by atoms with van der Waals surface area (Å²) in [5.74, 6) is 0. The van der Waals surface area contributed by atoms with Crippen molar-refractivity contribution in [3.63, 3.8) is 0 Å². The van der Waals surface area contributed by atoms with Crippen LogP contribution in [0.5, 0.6) is 0 Å². The van der Waals surface area contributed by atoms with E-state index in [0.29, 0.717) is 0 Å². The number of anilines is 1. The second-order valence-electron chi connectivity index (χ2n) is 4.86. The van der Waals surface area contributed by atoms with Crippen LogP contribution in [0.4, 0.5) is 5.69 Å². The highest BCUT2D eigenvalue weighted by molar-refractivity contribution is 5.61. The van der Waals surface area contributed by atoms with E-state index in [4.69, 9.17) is 0 Å². The van der Waals surface area contributed by atoms with E-state index >= 15 is 0 Å². The van der Waals surface area contributed by atoms with E-state index in [0.717, 1.165) is 18.8 Å². The predicted molar refractivity (Wildman–Crippen MR) is 70.1 cm³/mol. The Morgan fingerprint density at radius 2 is 1.89 bits per heavy atom. The molecule has 0 N–H and O–H groups in total. The number of tetrazole rings is 1. The van der Waals surface area contributed by atoms with Crippen LogP contribution in [0.1, 0.15) is 24.0 Å². The second kappa shape index (κ2) is 4.40. The Balaban J connectivity index is 2.07. The van der Waals surface area contributed by atoms with Gasteiger partial charge in [0.05, 0.1) is 5.69 Å².